The number of hydrogen-bond donors (Lipinski definition) is 2. The van der Waals surface area contributed by atoms with E-state index in [1.807, 2.05) is 24.8 Å². The molecule has 1 saturated heterocycles. The van der Waals surface area contributed by atoms with Gasteiger partial charge >= 0.3 is 0 Å². The largest absolute Gasteiger partial charge is 0.390 e. The van der Waals surface area contributed by atoms with Crippen LogP contribution in [-0.2, 0) is 0 Å². The lowest BCUT2D eigenvalue weighted by Crippen LogP contribution is -2.34. The van der Waals surface area contributed by atoms with Crippen molar-refractivity contribution in [3.63, 3.8) is 0 Å². The highest BCUT2D eigenvalue weighted by molar-refractivity contribution is 5.99. The molecule has 0 aromatic carbocycles. The summed E-state index contributed by atoms with van der Waals surface area (Å²) in [5.74, 6) is -0.00764. The number of amides is 1. The van der Waals surface area contributed by atoms with E-state index in [1.165, 1.54) is 0 Å². The lowest BCUT2D eigenvalue weighted by atomic mass is 9.98. The Morgan fingerprint density at radius 1 is 1.50 bits per heavy atom. The number of carbonyl (C=O) groups excluding carboxylic acids is 1. The molecule has 2 N–H and O–H groups in total. The fraction of sp³-hybridized carbons (Fsp3) is 0.600. The van der Waals surface area contributed by atoms with Crippen LogP contribution in [0.25, 0.3) is 0 Å². The summed E-state index contributed by atoms with van der Waals surface area (Å²) in [4.78, 5) is 18.5. The molecule has 110 valence electrons. The molecule has 5 heteroatoms. The van der Waals surface area contributed by atoms with Crippen LogP contribution in [0.3, 0.4) is 0 Å². The number of likely N-dealkylation sites (tertiary alicyclic amines) is 1. The number of carbonyl (C=O) groups is 1. The zero-order valence-corrected chi connectivity index (χ0v) is 12.2. The number of rotatable bonds is 3. The van der Waals surface area contributed by atoms with Crippen molar-refractivity contribution in [2.75, 3.05) is 25.0 Å². The first-order valence-electron chi connectivity index (χ1n) is 7.23. The molecule has 0 aliphatic carbocycles. The van der Waals surface area contributed by atoms with Gasteiger partial charge in [-0.15, -0.1) is 0 Å². The number of nitrogens with one attached hydrogen (secondary N) is 1. The summed E-state index contributed by atoms with van der Waals surface area (Å²) < 4.78 is 0. The Kier molecular flexibility index (Phi) is 4.60. The molecular weight excluding hydrogens is 254 g/mol. The van der Waals surface area contributed by atoms with E-state index in [4.69, 9.17) is 0 Å². The van der Waals surface area contributed by atoms with E-state index in [1.54, 1.807) is 12.4 Å². The normalized spacial score (nSPS) is 23.2. The van der Waals surface area contributed by atoms with E-state index in [9.17, 15) is 9.90 Å². The van der Waals surface area contributed by atoms with Gasteiger partial charge in [0.25, 0.3) is 5.91 Å². The van der Waals surface area contributed by atoms with Crippen molar-refractivity contribution < 1.29 is 9.90 Å². The molecule has 1 aromatic heterocycles. The maximum Gasteiger partial charge on any atom is 0.257 e. The predicted octanol–water partition coefficient (Wildman–Crippen LogP) is 1.89. The Labute approximate surface area is 120 Å². The maximum absolute atomic E-state index is 12.6. The Balaban J connectivity index is 2.15. The summed E-state index contributed by atoms with van der Waals surface area (Å²) >= 11 is 0. The monoisotopic (exact) mass is 277 g/mol. The molecule has 1 aliphatic heterocycles. The van der Waals surface area contributed by atoms with E-state index in [0.29, 0.717) is 25.1 Å². The van der Waals surface area contributed by atoms with Crippen LogP contribution in [0.15, 0.2) is 18.5 Å². The number of nitrogens with zero attached hydrogens (tertiary/aromatic N) is 2. The number of aromatic nitrogens is 1. The lowest BCUT2D eigenvalue weighted by molar-refractivity contribution is 0.0438. The molecule has 20 heavy (non-hydrogen) atoms. The Bertz CT molecular complexity index is 474. The topological polar surface area (TPSA) is 65.5 Å². The molecular formula is C15H23N3O2. The first kappa shape index (κ1) is 14.8. The zero-order valence-electron chi connectivity index (χ0n) is 12.2. The van der Waals surface area contributed by atoms with Gasteiger partial charge in [-0.3, -0.25) is 9.78 Å². The van der Waals surface area contributed by atoms with Crippen LogP contribution in [0.4, 0.5) is 5.69 Å². The van der Waals surface area contributed by atoms with E-state index in [2.05, 4.69) is 10.3 Å². The fourth-order valence-corrected chi connectivity index (χ4v) is 2.55. The van der Waals surface area contributed by atoms with Gasteiger partial charge in [-0.25, -0.2) is 0 Å². The summed E-state index contributed by atoms with van der Waals surface area (Å²) in [5, 5.41) is 13.3. The van der Waals surface area contributed by atoms with E-state index >= 15 is 0 Å². The highest BCUT2D eigenvalue weighted by Crippen LogP contribution is 2.23. The van der Waals surface area contributed by atoms with Gasteiger partial charge in [-0.1, -0.05) is 0 Å². The third-order valence-electron chi connectivity index (χ3n) is 3.77. The molecule has 5 nitrogen and oxygen atoms in total. The number of aliphatic hydroxyl groups is 1. The molecule has 0 saturated carbocycles. The number of pyridine rings is 1. The summed E-state index contributed by atoms with van der Waals surface area (Å²) in [7, 11) is 0. The molecule has 1 atom stereocenters. The van der Waals surface area contributed by atoms with Crippen molar-refractivity contribution in [3.05, 3.63) is 24.0 Å². The number of anilines is 1. The van der Waals surface area contributed by atoms with Gasteiger partial charge in [0.1, 0.15) is 0 Å². The molecule has 1 aliphatic rings. The molecule has 1 aromatic rings. The van der Waals surface area contributed by atoms with Gasteiger partial charge in [-0.2, -0.15) is 0 Å². The van der Waals surface area contributed by atoms with Gasteiger partial charge in [0, 0.05) is 32.0 Å². The van der Waals surface area contributed by atoms with Crippen molar-refractivity contribution in [1.29, 1.82) is 0 Å². The molecule has 1 unspecified atom stereocenters. The smallest absolute Gasteiger partial charge is 0.257 e. The van der Waals surface area contributed by atoms with Gasteiger partial charge in [0.05, 0.1) is 16.9 Å². The average molecular weight is 277 g/mol. The predicted molar refractivity (Wildman–Crippen MR) is 78.8 cm³/mol. The summed E-state index contributed by atoms with van der Waals surface area (Å²) in [5.41, 5.74) is 0.772. The van der Waals surface area contributed by atoms with Gasteiger partial charge in [-0.05, 0) is 39.2 Å². The first-order chi connectivity index (χ1) is 9.53. The minimum atomic E-state index is -0.658. The highest BCUT2D eigenvalue weighted by atomic mass is 16.3. The molecule has 1 fully saturated rings. The second kappa shape index (κ2) is 6.22. The van der Waals surface area contributed by atoms with Gasteiger partial charge in [0.2, 0.25) is 0 Å². The standard InChI is InChI=1S/C15H23N3O2/c1-3-17-13-5-8-16-11-12(13)14(19)18-9-4-6-15(2,20)7-10-18/h5,8,11,20H,3-4,6-7,9-10H2,1-2H3,(H,16,17). The summed E-state index contributed by atoms with van der Waals surface area (Å²) in [6, 6.07) is 1.82. The Morgan fingerprint density at radius 3 is 3.05 bits per heavy atom. The van der Waals surface area contributed by atoms with E-state index < -0.39 is 5.60 Å². The van der Waals surface area contributed by atoms with Crippen LogP contribution in [-0.4, -0.2) is 46.1 Å². The molecule has 0 radical (unpaired) electrons. The van der Waals surface area contributed by atoms with E-state index in [-0.39, 0.29) is 5.91 Å². The minimum Gasteiger partial charge on any atom is -0.390 e. The minimum absolute atomic E-state index is 0.00764. The van der Waals surface area contributed by atoms with Crippen LogP contribution in [0.5, 0.6) is 0 Å². The quantitative estimate of drug-likeness (QED) is 0.885. The van der Waals surface area contributed by atoms with Crippen molar-refractivity contribution in [3.8, 4) is 0 Å². The second-order valence-electron chi connectivity index (χ2n) is 5.59. The molecule has 1 amide bonds. The number of hydrogen-bond acceptors (Lipinski definition) is 4. The summed E-state index contributed by atoms with van der Waals surface area (Å²) in [6.45, 7) is 5.88. The van der Waals surface area contributed by atoms with Crippen LogP contribution in [0.2, 0.25) is 0 Å². The van der Waals surface area contributed by atoms with Crippen LogP contribution in [0, 0.1) is 0 Å². The van der Waals surface area contributed by atoms with Crippen LogP contribution < -0.4 is 5.32 Å². The third kappa shape index (κ3) is 3.48. The van der Waals surface area contributed by atoms with Crippen molar-refractivity contribution in [2.24, 2.45) is 0 Å². The Morgan fingerprint density at radius 2 is 2.30 bits per heavy atom. The lowest BCUT2D eigenvalue weighted by Gasteiger charge is -2.23. The fourth-order valence-electron chi connectivity index (χ4n) is 2.55. The van der Waals surface area contributed by atoms with Gasteiger partial charge < -0.3 is 15.3 Å². The van der Waals surface area contributed by atoms with Crippen LogP contribution in [0.1, 0.15) is 43.5 Å². The molecule has 0 bridgehead atoms. The van der Waals surface area contributed by atoms with Crippen LogP contribution >= 0.6 is 0 Å². The second-order valence-corrected chi connectivity index (χ2v) is 5.59. The maximum atomic E-state index is 12.6. The summed E-state index contributed by atoms with van der Waals surface area (Å²) in [6.07, 6.45) is 5.49. The van der Waals surface area contributed by atoms with Crippen molar-refractivity contribution in [1.82, 2.24) is 9.88 Å². The van der Waals surface area contributed by atoms with Gasteiger partial charge in [0.15, 0.2) is 0 Å². The third-order valence-corrected chi connectivity index (χ3v) is 3.77. The Hall–Kier alpha value is -1.62. The van der Waals surface area contributed by atoms with Crippen molar-refractivity contribution >= 4 is 11.6 Å². The average Bonchev–Trinajstić information content (AvgIpc) is 2.60. The SMILES string of the molecule is CCNc1ccncc1C(=O)N1CCCC(C)(O)CC1. The van der Waals surface area contributed by atoms with E-state index in [0.717, 1.165) is 25.1 Å². The van der Waals surface area contributed by atoms with Crippen molar-refractivity contribution in [2.45, 2.75) is 38.7 Å². The molecule has 2 heterocycles. The molecule has 2 rings (SSSR count). The zero-order chi connectivity index (χ0) is 14.6. The highest BCUT2D eigenvalue weighted by Gasteiger charge is 2.28. The molecule has 0 spiro atoms. The first-order valence-corrected chi connectivity index (χ1v) is 7.23.